The van der Waals surface area contributed by atoms with E-state index >= 15 is 0 Å². The minimum Gasteiger partial charge on any atom is -0.399 e. The number of anilines is 1. The van der Waals surface area contributed by atoms with Gasteiger partial charge in [-0.3, -0.25) is 0 Å². The van der Waals surface area contributed by atoms with Crippen LogP contribution in [-0.2, 0) is 15.9 Å². The van der Waals surface area contributed by atoms with E-state index in [4.69, 9.17) is 15.2 Å². The van der Waals surface area contributed by atoms with E-state index in [1.165, 1.54) is 5.56 Å². The lowest BCUT2D eigenvalue weighted by molar-refractivity contribution is -0.0307. The van der Waals surface area contributed by atoms with Gasteiger partial charge in [-0.25, -0.2) is 0 Å². The minimum absolute atomic E-state index is 0.391. The summed E-state index contributed by atoms with van der Waals surface area (Å²) in [6.45, 7) is 2.47. The molecule has 88 valence electrons. The summed E-state index contributed by atoms with van der Waals surface area (Å²) in [6.07, 6.45) is 3.41. The second-order valence-corrected chi connectivity index (χ2v) is 4.17. The van der Waals surface area contributed by atoms with E-state index in [0.717, 1.165) is 44.8 Å². The van der Waals surface area contributed by atoms with Crippen molar-refractivity contribution < 1.29 is 9.47 Å². The van der Waals surface area contributed by atoms with Gasteiger partial charge in [-0.05, 0) is 37.0 Å². The zero-order chi connectivity index (χ0) is 11.2. The molecule has 1 fully saturated rings. The van der Waals surface area contributed by atoms with Gasteiger partial charge in [0.1, 0.15) is 0 Å². The second-order valence-electron chi connectivity index (χ2n) is 4.17. The Balaban J connectivity index is 1.69. The highest BCUT2D eigenvalue weighted by molar-refractivity contribution is 5.39. The largest absolute Gasteiger partial charge is 0.399 e. The number of ether oxygens (including phenoxy) is 2. The fourth-order valence-corrected chi connectivity index (χ4v) is 1.87. The van der Waals surface area contributed by atoms with Crippen molar-refractivity contribution in [1.82, 2.24) is 0 Å². The molecule has 2 N–H and O–H groups in total. The maximum atomic E-state index is 5.81. The lowest BCUT2D eigenvalue weighted by Crippen LogP contribution is -2.24. The number of hydrogen-bond donors (Lipinski definition) is 1. The molecule has 3 nitrogen and oxygen atoms in total. The topological polar surface area (TPSA) is 44.5 Å². The van der Waals surface area contributed by atoms with E-state index in [1.54, 1.807) is 0 Å². The molecule has 1 aromatic carbocycles. The summed E-state index contributed by atoms with van der Waals surface area (Å²) in [5.74, 6) is 0. The normalized spacial score (nSPS) is 17.5. The van der Waals surface area contributed by atoms with E-state index in [2.05, 4.69) is 12.1 Å². The third-order valence-electron chi connectivity index (χ3n) is 2.89. The molecule has 0 unspecified atom stereocenters. The SMILES string of the molecule is Nc1ccc(CCOC2CCOCC2)cc1. The van der Waals surface area contributed by atoms with Gasteiger partial charge < -0.3 is 15.2 Å². The molecule has 1 aromatic rings. The second kappa shape index (κ2) is 5.87. The zero-order valence-corrected chi connectivity index (χ0v) is 9.52. The lowest BCUT2D eigenvalue weighted by Gasteiger charge is -2.22. The predicted octanol–water partition coefficient (Wildman–Crippen LogP) is 2.01. The molecule has 0 aromatic heterocycles. The van der Waals surface area contributed by atoms with Crippen LogP contribution in [0.15, 0.2) is 24.3 Å². The van der Waals surface area contributed by atoms with Gasteiger partial charge in [-0.15, -0.1) is 0 Å². The summed E-state index contributed by atoms with van der Waals surface area (Å²) in [6, 6.07) is 7.99. The van der Waals surface area contributed by atoms with Gasteiger partial charge >= 0.3 is 0 Å². The number of nitrogen functional groups attached to an aromatic ring is 1. The van der Waals surface area contributed by atoms with Crippen molar-refractivity contribution in [2.75, 3.05) is 25.6 Å². The van der Waals surface area contributed by atoms with Crippen LogP contribution in [-0.4, -0.2) is 25.9 Å². The fraction of sp³-hybridized carbons (Fsp3) is 0.538. The van der Waals surface area contributed by atoms with Gasteiger partial charge in [0, 0.05) is 18.9 Å². The molecule has 3 heteroatoms. The Kier molecular flexibility index (Phi) is 4.19. The zero-order valence-electron chi connectivity index (χ0n) is 9.52. The van der Waals surface area contributed by atoms with Crippen molar-refractivity contribution in [2.24, 2.45) is 0 Å². The fourth-order valence-electron chi connectivity index (χ4n) is 1.87. The summed E-state index contributed by atoms with van der Waals surface area (Å²) in [4.78, 5) is 0. The first-order valence-corrected chi connectivity index (χ1v) is 5.88. The van der Waals surface area contributed by atoms with E-state index in [0.29, 0.717) is 6.10 Å². The van der Waals surface area contributed by atoms with Crippen LogP contribution in [0, 0.1) is 0 Å². The van der Waals surface area contributed by atoms with Gasteiger partial charge in [0.25, 0.3) is 0 Å². The van der Waals surface area contributed by atoms with Crippen LogP contribution < -0.4 is 5.73 Å². The van der Waals surface area contributed by atoms with E-state index in [9.17, 15) is 0 Å². The molecule has 1 aliphatic heterocycles. The molecule has 1 aliphatic rings. The molecular weight excluding hydrogens is 202 g/mol. The molecule has 0 atom stereocenters. The highest BCUT2D eigenvalue weighted by atomic mass is 16.5. The Hall–Kier alpha value is -1.06. The first kappa shape index (κ1) is 11.4. The maximum Gasteiger partial charge on any atom is 0.0619 e. The van der Waals surface area contributed by atoms with Crippen molar-refractivity contribution >= 4 is 5.69 Å². The van der Waals surface area contributed by atoms with Crippen LogP contribution >= 0.6 is 0 Å². The lowest BCUT2D eigenvalue weighted by atomic mass is 10.1. The molecule has 0 radical (unpaired) electrons. The number of nitrogens with two attached hydrogens (primary N) is 1. The average Bonchev–Trinajstić information content (AvgIpc) is 2.33. The smallest absolute Gasteiger partial charge is 0.0619 e. The van der Waals surface area contributed by atoms with E-state index in [-0.39, 0.29) is 0 Å². The Morgan fingerprint density at radius 2 is 1.88 bits per heavy atom. The van der Waals surface area contributed by atoms with Crippen molar-refractivity contribution in [3.8, 4) is 0 Å². The summed E-state index contributed by atoms with van der Waals surface area (Å²) in [5, 5.41) is 0. The maximum absolute atomic E-state index is 5.81. The van der Waals surface area contributed by atoms with Crippen molar-refractivity contribution in [2.45, 2.75) is 25.4 Å². The van der Waals surface area contributed by atoms with Crippen LogP contribution in [0.1, 0.15) is 18.4 Å². The van der Waals surface area contributed by atoms with Gasteiger partial charge in [0.05, 0.1) is 12.7 Å². The van der Waals surface area contributed by atoms with Crippen molar-refractivity contribution in [3.63, 3.8) is 0 Å². The van der Waals surface area contributed by atoms with Crippen LogP contribution in [0.2, 0.25) is 0 Å². The first-order chi connectivity index (χ1) is 7.84. The third kappa shape index (κ3) is 3.51. The quantitative estimate of drug-likeness (QED) is 0.791. The Bertz CT molecular complexity index is 304. The average molecular weight is 221 g/mol. The first-order valence-electron chi connectivity index (χ1n) is 5.88. The monoisotopic (exact) mass is 221 g/mol. The molecule has 2 rings (SSSR count). The third-order valence-corrected chi connectivity index (χ3v) is 2.89. The molecule has 16 heavy (non-hydrogen) atoms. The minimum atomic E-state index is 0.391. The number of rotatable bonds is 4. The van der Waals surface area contributed by atoms with Crippen LogP contribution in [0.4, 0.5) is 5.69 Å². The summed E-state index contributed by atoms with van der Waals surface area (Å²) in [5.41, 5.74) is 7.72. The van der Waals surface area contributed by atoms with E-state index in [1.807, 2.05) is 12.1 Å². The van der Waals surface area contributed by atoms with Gasteiger partial charge in [0.2, 0.25) is 0 Å². The number of benzene rings is 1. The summed E-state index contributed by atoms with van der Waals surface area (Å²) >= 11 is 0. The Morgan fingerprint density at radius 1 is 1.19 bits per heavy atom. The van der Waals surface area contributed by atoms with Crippen LogP contribution in [0.5, 0.6) is 0 Å². The summed E-state index contributed by atoms with van der Waals surface area (Å²) in [7, 11) is 0. The van der Waals surface area contributed by atoms with Crippen LogP contribution in [0.3, 0.4) is 0 Å². The Labute approximate surface area is 96.5 Å². The highest BCUT2D eigenvalue weighted by Gasteiger charge is 2.13. The highest BCUT2D eigenvalue weighted by Crippen LogP contribution is 2.12. The molecular formula is C13H19NO2. The predicted molar refractivity (Wildman–Crippen MR) is 64.4 cm³/mol. The molecule has 0 amide bonds. The Morgan fingerprint density at radius 3 is 2.56 bits per heavy atom. The van der Waals surface area contributed by atoms with Crippen molar-refractivity contribution in [1.29, 1.82) is 0 Å². The van der Waals surface area contributed by atoms with Gasteiger partial charge in [0.15, 0.2) is 0 Å². The molecule has 0 aliphatic carbocycles. The number of hydrogen-bond acceptors (Lipinski definition) is 3. The van der Waals surface area contributed by atoms with E-state index < -0.39 is 0 Å². The van der Waals surface area contributed by atoms with Crippen LogP contribution in [0.25, 0.3) is 0 Å². The van der Waals surface area contributed by atoms with Crippen molar-refractivity contribution in [3.05, 3.63) is 29.8 Å². The standard InChI is InChI=1S/C13H19NO2/c14-12-3-1-11(2-4-12)5-10-16-13-6-8-15-9-7-13/h1-4,13H,5-10,14H2. The molecule has 0 spiro atoms. The summed E-state index contributed by atoms with van der Waals surface area (Å²) < 4.78 is 11.1. The molecule has 0 saturated carbocycles. The van der Waals surface area contributed by atoms with Gasteiger partial charge in [-0.2, -0.15) is 0 Å². The molecule has 0 bridgehead atoms. The van der Waals surface area contributed by atoms with Gasteiger partial charge in [-0.1, -0.05) is 12.1 Å². The molecule has 1 heterocycles. The molecule has 1 saturated heterocycles.